The van der Waals surface area contributed by atoms with Crippen LogP contribution in [0.2, 0.25) is 5.02 Å². The van der Waals surface area contributed by atoms with Crippen LogP contribution in [0.15, 0.2) is 12.1 Å². The Kier molecular flexibility index (Phi) is 4.72. The maximum absolute atomic E-state index is 9.02. The van der Waals surface area contributed by atoms with Gasteiger partial charge in [0.15, 0.2) is 11.5 Å². The standard InChI is InChI=1S/C11H15ClO3/c1-3-4-15-11-6-9(12)8(7-13)5-10(11)14-2/h5-6,13H,3-4,7H2,1-2H3. The number of aliphatic hydroxyl groups excluding tert-OH is 1. The maximum Gasteiger partial charge on any atom is 0.162 e. The van der Waals surface area contributed by atoms with Gasteiger partial charge in [0, 0.05) is 6.07 Å². The van der Waals surface area contributed by atoms with E-state index in [1.54, 1.807) is 19.2 Å². The maximum atomic E-state index is 9.02. The summed E-state index contributed by atoms with van der Waals surface area (Å²) in [6.45, 7) is 2.53. The highest BCUT2D eigenvalue weighted by atomic mass is 35.5. The molecule has 1 rings (SSSR count). The first-order valence-electron chi connectivity index (χ1n) is 4.83. The molecular weight excluding hydrogens is 216 g/mol. The van der Waals surface area contributed by atoms with Crippen molar-refractivity contribution in [1.29, 1.82) is 0 Å². The smallest absolute Gasteiger partial charge is 0.162 e. The van der Waals surface area contributed by atoms with Crippen LogP contribution in [0.1, 0.15) is 18.9 Å². The van der Waals surface area contributed by atoms with Gasteiger partial charge >= 0.3 is 0 Å². The number of halogens is 1. The Bertz CT molecular complexity index is 326. The highest BCUT2D eigenvalue weighted by Crippen LogP contribution is 2.33. The molecule has 0 aliphatic rings. The van der Waals surface area contributed by atoms with E-state index in [0.717, 1.165) is 6.42 Å². The average molecular weight is 231 g/mol. The van der Waals surface area contributed by atoms with Crippen LogP contribution in [0.4, 0.5) is 0 Å². The zero-order valence-corrected chi connectivity index (χ0v) is 9.67. The predicted molar refractivity (Wildman–Crippen MR) is 59.7 cm³/mol. The molecule has 1 aromatic rings. The van der Waals surface area contributed by atoms with Crippen LogP contribution in [-0.4, -0.2) is 18.8 Å². The minimum absolute atomic E-state index is 0.108. The monoisotopic (exact) mass is 230 g/mol. The molecule has 0 radical (unpaired) electrons. The van der Waals surface area contributed by atoms with E-state index in [4.69, 9.17) is 26.2 Å². The predicted octanol–water partition coefficient (Wildman–Crippen LogP) is 2.63. The summed E-state index contributed by atoms with van der Waals surface area (Å²) in [5.74, 6) is 1.21. The van der Waals surface area contributed by atoms with Gasteiger partial charge in [-0.3, -0.25) is 0 Å². The first kappa shape index (κ1) is 12.1. The SMILES string of the molecule is CCCOc1cc(Cl)c(CO)cc1OC. The summed E-state index contributed by atoms with van der Waals surface area (Å²) in [5, 5.41) is 9.51. The fourth-order valence-electron chi connectivity index (χ4n) is 1.18. The van der Waals surface area contributed by atoms with E-state index >= 15 is 0 Å². The second-order valence-corrected chi connectivity index (χ2v) is 3.51. The van der Waals surface area contributed by atoms with Crippen molar-refractivity contribution >= 4 is 11.6 Å². The van der Waals surface area contributed by atoms with Crippen molar-refractivity contribution in [3.63, 3.8) is 0 Å². The molecule has 1 aromatic carbocycles. The van der Waals surface area contributed by atoms with Crippen LogP contribution in [-0.2, 0) is 6.61 Å². The molecular formula is C11H15ClO3. The topological polar surface area (TPSA) is 38.7 Å². The molecule has 84 valence electrons. The van der Waals surface area contributed by atoms with Crippen molar-refractivity contribution in [3.05, 3.63) is 22.7 Å². The summed E-state index contributed by atoms with van der Waals surface area (Å²) in [4.78, 5) is 0. The summed E-state index contributed by atoms with van der Waals surface area (Å²) < 4.78 is 10.6. The van der Waals surface area contributed by atoms with Crippen molar-refractivity contribution in [2.45, 2.75) is 20.0 Å². The van der Waals surface area contributed by atoms with Crippen LogP contribution in [0.3, 0.4) is 0 Å². The third kappa shape index (κ3) is 3.01. The molecule has 0 unspecified atom stereocenters. The number of rotatable bonds is 5. The molecule has 0 amide bonds. The van der Waals surface area contributed by atoms with Crippen LogP contribution in [0.25, 0.3) is 0 Å². The van der Waals surface area contributed by atoms with E-state index in [0.29, 0.717) is 28.7 Å². The van der Waals surface area contributed by atoms with E-state index in [-0.39, 0.29) is 6.61 Å². The van der Waals surface area contributed by atoms with Crippen molar-refractivity contribution in [3.8, 4) is 11.5 Å². The number of benzene rings is 1. The summed E-state index contributed by atoms with van der Waals surface area (Å²) in [5.41, 5.74) is 0.636. The van der Waals surface area contributed by atoms with Crippen molar-refractivity contribution < 1.29 is 14.6 Å². The van der Waals surface area contributed by atoms with Gasteiger partial charge in [-0.15, -0.1) is 0 Å². The molecule has 0 saturated heterocycles. The highest BCUT2D eigenvalue weighted by molar-refractivity contribution is 6.31. The van der Waals surface area contributed by atoms with Gasteiger partial charge in [0.2, 0.25) is 0 Å². The van der Waals surface area contributed by atoms with Gasteiger partial charge in [-0.2, -0.15) is 0 Å². The first-order chi connectivity index (χ1) is 7.22. The van der Waals surface area contributed by atoms with Crippen LogP contribution < -0.4 is 9.47 Å². The van der Waals surface area contributed by atoms with Crippen molar-refractivity contribution in [2.24, 2.45) is 0 Å². The van der Waals surface area contributed by atoms with Crippen LogP contribution in [0.5, 0.6) is 11.5 Å². The van der Waals surface area contributed by atoms with Crippen molar-refractivity contribution in [2.75, 3.05) is 13.7 Å². The largest absolute Gasteiger partial charge is 0.493 e. The Labute approximate surface area is 94.6 Å². The molecule has 0 fully saturated rings. The van der Waals surface area contributed by atoms with Gasteiger partial charge in [-0.1, -0.05) is 18.5 Å². The molecule has 15 heavy (non-hydrogen) atoms. The second-order valence-electron chi connectivity index (χ2n) is 3.10. The van der Waals surface area contributed by atoms with Gasteiger partial charge in [-0.05, 0) is 18.1 Å². The van der Waals surface area contributed by atoms with E-state index in [1.807, 2.05) is 6.92 Å². The molecule has 0 heterocycles. The number of hydrogen-bond donors (Lipinski definition) is 1. The molecule has 4 heteroatoms. The second kappa shape index (κ2) is 5.83. The molecule has 0 spiro atoms. The quantitative estimate of drug-likeness (QED) is 0.845. The van der Waals surface area contributed by atoms with Crippen LogP contribution >= 0.6 is 11.6 Å². The molecule has 3 nitrogen and oxygen atoms in total. The molecule has 0 bridgehead atoms. The Balaban J connectivity index is 2.98. The van der Waals surface area contributed by atoms with E-state index < -0.39 is 0 Å². The third-order valence-electron chi connectivity index (χ3n) is 1.96. The Hall–Kier alpha value is -0.930. The lowest BCUT2D eigenvalue weighted by Gasteiger charge is -2.12. The molecule has 0 atom stereocenters. The minimum Gasteiger partial charge on any atom is -0.493 e. The summed E-state index contributed by atoms with van der Waals surface area (Å²) in [7, 11) is 1.56. The van der Waals surface area contributed by atoms with E-state index in [2.05, 4.69) is 0 Å². The van der Waals surface area contributed by atoms with Crippen LogP contribution in [0, 0.1) is 0 Å². The number of aliphatic hydroxyl groups is 1. The fraction of sp³-hybridized carbons (Fsp3) is 0.455. The van der Waals surface area contributed by atoms with Gasteiger partial charge in [0.1, 0.15) is 0 Å². The molecule has 1 N–H and O–H groups in total. The van der Waals surface area contributed by atoms with Gasteiger partial charge < -0.3 is 14.6 Å². The van der Waals surface area contributed by atoms with Gasteiger partial charge in [0.25, 0.3) is 0 Å². The zero-order chi connectivity index (χ0) is 11.3. The van der Waals surface area contributed by atoms with Gasteiger partial charge in [0.05, 0.1) is 25.3 Å². The van der Waals surface area contributed by atoms with Gasteiger partial charge in [-0.25, -0.2) is 0 Å². The summed E-state index contributed by atoms with van der Waals surface area (Å²) >= 11 is 5.94. The van der Waals surface area contributed by atoms with Crippen molar-refractivity contribution in [1.82, 2.24) is 0 Å². The number of methoxy groups -OCH3 is 1. The summed E-state index contributed by atoms with van der Waals surface area (Å²) in [6, 6.07) is 3.36. The Morgan fingerprint density at radius 3 is 2.60 bits per heavy atom. The van der Waals surface area contributed by atoms with E-state index in [1.165, 1.54) is 0 Å². The molecule has 0 aliphatic carbocycles. The Morgan fingerprint density at radius 1 is 1.33 bits per heavy atom. The lowest BCUT2D eigenvalue weighted by Crippen LogP contribution is -1.99. The molecule has 0 aliphatic heterocycles. The normalized spacial score (nSPS) is 10.1. The molecule has 0 saturated carbocycles. The summed E-state index contributed by atoms with van der Waals surface area (Å²) in [6.07, 6.45) is 0.919. The molecule has 0 aromatic heterocycles. The lowest BCUT2D eigenvalue weighted by molar-refractivity contribution is 0.277. The van der Waals surface area contributed by atoms with E-state index in [9.17, 15) is 0 Å². The zero-order valence-electron chi connectivity index (χ0n) is 8.92. The Morgan fingerprint density at radius 2 is 2.07 bits per heavy atom. The fourth-order valence-corrected chi connectivity index (χ4v) is 1.40. The first-order valence-corrected chi connectivity index (χ1v) is 5.20. The number of hydrogen-bond acceptors (Lipinski definition) is 3. The lowest BCUT2D eigenvalue weighted by atomic mass is 10.2. The average Bonchev–Trinajstić information content (AvgIpc) is 2.26. The highest BCUT2D eigenvalue weighted by Gasteiger charge is 2.09. The number of ether oxygens (including phenoxy) is 2. The minimum atomic E-state index is -0.108. The third-order valence-corrected chi connectivity index (χ3v) is 2.32.